The van der Waals surface area contributed by atoms with Crippen molar-refractivity contribution >= 4 is 5.91 Å². The van der Waals surface area contributed by atoms with Gasteiger partial charge in [-0.1, -0.05) is 24.3 Å². The molecule has 1 aromatic heterocycles. The second kappa shape index (κ2) is 6.61. The van der Waals surface area contributed by atoms with Gasteiger partial charge in [-0.15, -0.1) is 0 Å². The van der Waals surface area contributed by atoms with E-state index in [1.807, 2.05) is 0 Å². The van der Waals surface area contributed by atoms with E-state index in [1.54, 1.807) is 0 Å². The highest BCUT2D eigenvalue weighted by atomic mass is 16.1. The summed E-state index contributed by atoms with van der Waals surface area (Å²) in [6.07, 6.45) is 1.89. The van der Waals surface area contributed by atoms with Crippen LogP contribution >= 0.6 is 0 Å². The van der Waals surface area contributed by atoms with Crippen molar-refractivity contribution in [2.24, 2.45) is 0 Å². The van der Waals surface area contributed by atoms with E-state index in [-0.39, 0.29) is 5.91 Å². The van der Waals surface area contributed by atoms with E-state index < -0.39 is 0 Å². The fraction of sp³-hybridized carbons (Fsp3) is 0.474. The van der Waals surface area contributed by atoms with Crippen LogP contribution in [0.5, 0.6) is 0 Å². The van der Waals surface area contributed by atoms with Crippen molar-refractivity contribution in [3.05, 3.63) is 52.3 Å². The summed E-state index contributed by atoms with van der Waals surface area (Å²) in [6.45, 7) is 3.36. The van der Waals surface area contributed by atoms with Gasteiger partial charge in [0.15, 0.2) is 5.69 Å². The molecule has 132 valence electrons. The topological polar surface area (TPSA) is 64.3 Å². The first-order valence-electron chi connectivity index (χ1n) is 8.91. The quantitative estimate of drug-likeness (QED) is 0.882. The molecule has 3 heterocycles. The molecule has 1 atom stereocenters. The predicted octanol–water partition coefficient (Wildman–Crippen LogP) is 1.18. The average Bonchev–Trinajstić information content (AvgIpc) is 3.02. The Morgan fingerprint density at radius 1 is 1.28 bits per heavy atom. The first-order valence-corrected chi connectivity index (χ1v) is 8.91. The van der Waals surface area contributed by atoms with Crippen molar-refractivity contribution in [3.63, 3.8) is 0 Å². The van der Waals surface area contributed by atoms with Gasteiger partial charge in [0, 0.05) is 49.9 Å². The number of hydrogen-bond donors (Lipinski definition) is 2. The van der Waals surface area contributed by atoms with Crippen LogP contribution in [-0.4, -0.2) is 59.1 Å². The standard InChI is InChI=1S/C19H25N5O/c1-23-8-7-17-16(12-23)18(22-21-17)19(25)20-10-15-9-13-5-3-4-6-14(13)11-24(15)2/h3-6,15H,7-12H2,1-2H3,(H,20,25)(H,21,22)/t15-/m1/s1. The van der Waals surface area contributed by atoms with Gasteiger partial charge in [0.05, 0.1) is 0 Å². The Kier molecular flexibility index (Phi) is 4.31. The monoisotopic (exact) mass is 339 g/mol. The van der Waals surface area contributed by atoms with Gasteiger partial charge in [0.1, 0.15) is 0 Å². The van der Waals surface area contributed by atoms with Gasteiger partial charge >= 0.3 is 0 Å². The summed E-state index contributed by atoms with van der Waals surface area (Å²) >= 11 is 0. The molecule has 0 aliphatic carbocycles. The molecule has 2 aliphatic heterocycles. The predicted molar refractivity (Wildman–Crippen MR) is 96.4 cm³/mol. The third-order valence-corrected chi connectivity index (χ3v) is 5.45. The van der Waals surface area contributed by atoms with Gasteiger partial charge in [0.25, 0.3) is 5.91 Å². The lowest BCUT2D eigenvalue weighted by Gasteiger charge is -2.34. The van der Waals surface area contributed by atoms with Crippen LogP contribution in [0.2, 0.25) is 0 Å². The number of H-pyrrole nitrogens is 1. The molecular formula is C19H25N5O. The first kappa shape index (κ1) is 16.3. The van der Waals surface area contributed by atoms with Crippen LogP contribution < -0.4 is 5.32 Å². The van der Waals surface area contributed by atoms with Crippen molar-refractivity contribution in [3.8, 4) is 0 Å². The minimum Gasteiger partial charge on any atom is -0.349 e. The number of carbonyl (C=O) groups excluding carboxylic acids is 1. The van der Waals surface area contributed by atoms with Crippen LogP contribution in [0.3, 0.4) is 0 Å². The maximum atomic E-state index is 12.6. The van der Waals surface area contributed by atoms with E-state index in [1.165, 1.54) is 11.1 Å². The molecule has 6 heteroatoms. The van der Waals surface area contributed by atoms with E-state index in [0.29, 0.717) is 18.3 Å². The lowest BCUT2D eigenvalue weighted by molar-refractivity contribution is 0.0927. The second-order valence-corrected chi connectivity index (χ2v) is 7.27. The number of aromatic amines is 1. The van der Waals surface area contributed by atoms with Crippen molar-refractivity contribution in [1.29, 1.82) is 0 Å². The molecule has 2 aliphatic rings. The Hall–Kier alpha value is -2.18. The SMILES string of the molecule is CN1CCc2[nH]nc(C(=O)NC[C@H]3Cc4ccccc4CN3C)c2C1. The van der Waals surface area contributed by atoms with Gasteiger partial charge in [-0.25, -0.2) is 0 Å². The molecule has 4 rings (SSSR count). The Morgan fingerprint density at radius 2 is 2.08 bits per heavy atom. The van der Waals surface area contributed by atoms with E-state index in [0.717, 1.165) is 43.7 Å². The number of carbonyl (C=O) groups is 1. The number of hydrogen-bond acceptors (Lipinski definition) is 4. The van der Waals surface area contributed by atoms with Crippen LogP contribution in [-0.2, 0) is 25.9 Å². The first-order chi connectivity index (χ1) is 12.1. The highest BCUT2D eigenvalue weighted by Gasteiger charge is 2.26. The normalized spacial score (nSPS) is 20.8. The number of benzene rings is 1. The fourth-order valence-corrected chi connectivity index (χ4v) is 3.86. The van der Waals surface area contributed by atoms with Crippen LogP contribution in [0, 0.1) is 0 Å². The molecule has 2 aromatic rings. The highest BCUT2D eigenvalue weighted by molar-refractivity contribution is 5.94. The zero-order valence-corrected chi connectivity index (χ0v) is 14.9. The fourth-order valence-electron chi connectivity index (χ4n) is 3.86. The largest absolute Gasteiger partial charge is 0.349 e. The molecule has 0 fully saturated rings. The van der Waals surface area contributed by atoms with Crippen LogP contribution in [0.25, 0.3) is 0 Å². The average molecular weight is 339 g/mol. The summed E-state index contributed by atoms with van der Waals surface area (Å²) in [4.78, 5) is 17.2. The molecule has 1 amide bonds. The minimum atomic E-state index is -0.0694. The van der Waals surface area contributed by atoms with E-state index in [4.69, 9.17) is 0 Å². The van der Waals surface area contributed by atoms with Crippen molar-refractivity contribution in [2.45, 2.75) is 32.0 Å². The van der Waals surface area contributed by atoms with Crippen LogP contribution in [0.1, 0.15) is 32.9 Å². The maximum Gasteiger partial charge on any atom is 0.272 e. The van der Waals surface area contributed by atoms with Crippen LogP contribution in [0.15, 0.2) is 24.3 Å². The third-order valence-electron chi connectivity index (χ3n) is 5.45. The molecule has 0 saturated carbocycles. The second-order valence-electron chi connectivity index (χ2n) is 7.27. The Bertz CT molecular complexity index is 784. The molecular weight excluding hydrogens is 314 g/mol. The lowest BCUT2D eigenvalue weighted by Crippen LogP contribution is -2.45. The zero-order valence-electron chi connectivity index (χ0n) is 14.9. The molecule has 0 radical (unpaired) electrons. The molecule has 1 aromatic carbocycles. The number of nitrogens with one attached hydrogen (secondary N) is 2. The van der Waals surface area contributed by atoms with Gasteiger partial charge in [-0.3, -0.25) is 14.8 Å². The van der Waals surface area contributed by atoms with Gasteiger partial charge in [-0.2, -0.15) is 5.10 Å². The van der Waals surface area contributed by atoms with Crippen molar-refractivity contribution in [1.82, 2.24) is 25.3 Å². The zero-order chi connectivity index (χ0) is 17.4. The summed E-state index contributed by atoms with van der Waals surface area (Å²) in [5.41, 5.74) is 5.48. The Labute approximate surface area is 148 Å². The van der Waals surface area contributed by atoms with E-state index in [2.05, 4.69) is 63.7 Å². The maximum absolute atomic E-state index is 12.6. The molecule has 0 bridgehead atoms. The Morgan fingerprint density at radius 3 is 2.92 bits per heavy atom. The smallest absolute Gasteiger partial charge is 0.272 e. The van der Waals surface area contributed by atoms with Crippen LogP contribution in [0.4, 0.5) is 0 Å². The van der Waals surface area contributed by atoms with E-state index >= 15 is 0 Å². The van der Waals surface area contributed by atoms with Crippen molar-refractivity contribution in [2.75, 3.05) is 27.2 Å². The van der Waals surface area contributed by atoms with Gasteiger partial charge in [0.2, 0.25) is 0 Å². The number of nitrogens with zero attached hydrogens (tertiary/aromatic N) is 3. The lowest BCUT2D eigenvalue weighted by atomic mass is 9.94. The molecule has 2 N–H and O–H groups in total. The number of amides is 1. The number of aromatic nitrogens is 2. The minimum absolute atomic E-state index is 0.0694. The summed E-state index contributed by atoms with van der Waals surface area (Å²) in [6, 6.07) is 8.87. The molecule has 0 spiro atoms. The molecule has 25 heavy (non-hydrogen) atoms. The number of fused-ring (bicyclic) bond motifs is 2. The van der Waals surface area contributed by atoms with E-state index in [9.17, 15) is 4.79 Å². The van der Waals surface area contributed by atoms with Gasteiger partial charge < -0.3 is 10.2 Å². The summed E-state index contributed by atoms with van der Waals surface area (Å²) in [7, 11) is 4.20. The highest BCUT2D eigenvalue weighted by Crippen LogP contribution is 2.22. The summed E-state index contributed by atoms with van der Waals surface area (Å²) in [5.74, 6) is -0.0694. The Balaban J connectivity index is 1.42. The summed E-state index contributed by atoms with van der Waals surface area (Å²) in [5, 5.41) is 10.4. The van der Waals surface area contributed by atoms with Gasteiger partial charge in [-0.05, 0) is 31.6 Å². The number of likely N-dealkylation sites (N-methyl/N-ethyl adjacent to an activating group) is 2. The molecule has 6 nitrogen and oxygen atoms in total. The van der Waals surface area contributed by atoms with Crippen molar-refractivity contribution < 1.29 is 4.79 Å². The third kappa shape index (κ3) is 3.19. The number of rotatable bonds is 3. The molecule has 0 unspecified atom stereocenters. The molecule has 0 saturated heterocycles. The summed E-state index contributed by atoms with van der Waals surface area (Å²) < 4.78 is 0.